The summed E-state index contributed by atoms with van der Waals surface area (Å²) in [5, 5.41) is 63.7. The van der Waals surface area contributed by atoms with Crippen LogP contribution in [0.15, 0.2) is 200 Å². The van der Waals surface area contributed by atoms with E-state index >= 15 is 13.2 Å². The molecule has 12 aromatic rings. The van der Waals surface area contributed by atoms with Crippen molar-refractivity contribution in [3.8, 4) is 103 Å². The third-order valence-electron chi connectivity index (χ3n) is 14.4. The number of hydrogen-bond acceptors (Lipinski definition) is 6. The summed E-state index contributed by atoms with van der Waals surface area (Å²) >= 11 is 0. The minimum Gasteiger partial charge on any atom is -0.308 e. The fraction of sp³-hybridized carbons (Fsp3) is 0.0149. The molecule has 11 heteroatoms. The summed E-state index contributed by atoms with van der Waals surface area (Å²) in [5.41, 5.74) is 10.3. The minimum absolute atomic E-state index is 0.0419. The van der Waals surface area contributed by atoms with Crippen molar-refractivity contribution in [3.05, 3.63) is 239 Å². The predicted octanol–water partition coefficient (Wildman–Crippen LogP) is 16.5. The number of hydrogen-bond donors (Lipinski definition) is 0. The molecule has 362 valence electrons. The Hall–Kier alpha value is -11.5. The minimum atomic E-state index is -4.89. The molecule has 8 nitrogen and oxygen atoms in total. The van der Waals surface area contributed by atoms with E-state index in [1.807, 2.05) is 137 Å². The Morgan fingerprint density at radius 3 is 0.885 bits per heavy atom. The molecule has 0 aliphatic rings. The van der Waals surface area contributed by atoms with E-state index in [9.17, 15) is 31.6 Å². The molecule has 0 amide bonds. The molecule has 12 rings (SSSR count). The third kappa shape index (κ3) is 7.99. The van der Waals surface area contributed by atoms with Gasteiger partial charge in [0, 0.05) is 27.1 Å². The Kier molecular flexibility index (Phi) is 11.4. The first-order valence-corrected chi connectivity index (χ1v) is 24.4. The van der Waals surface area contributed by atoms with E-state index in [4.69, 9.17) is 0 Å². The van der Waals surface area contributed by atoms with Crippen LogP contribution in [0.5, 0.6) is 0 Å². The molecule has 0 saturated heterocycles. The van der Waals surface area contributed by atoms with Crippen LogP contribution in [0.2, 0.25) is 0 Å². The number of rotatable bonds is 7. The van der Waals surface area contributed by atoms with Crippen LogP contribution in [0.4, 0.5) is 13.2 Å². The van der Waals surface area contributed by atoms with Crippen molar-refractivity contribution in [2.75, 3.05) is 0 Å². The number of benzene rings is 10. The van der Waals surface area contributed by atoms with Gasteiger partial charge in [0.25, 0.3) is 0 Å². The fourth-order valence-electron chi connectivity index (χ4n) is 10.6. The molecule has 2 heterocycles. The summed E-state index contributed by atoms with van der Waals surface area (Å²) in [7, 11) is 0. The molecule has 0 aliphatic heterocycles. The quantitative estimate of drug-likeness (QED) is 0.155. The van der Waals surface area contributed by atoms with E-state index in [-0.39, 0.29) is 33.6 Å². The number of fused-ring (bicyclic) bond motifs is 6. The first-order chi connectivity index (χ1) is 38.0. The number of alkyl halides is 3. The number of aromatic nitrogens is 2. The zero-order valence-corrected chi connectivity index (χ0v) is 40.8. The summed E-state index contributed by atoms with van der Waals surface area (Å²) in [5.74, 6) is 0. The highest BCUT2D eigenvalue weighted by Gasteiger charge is 2.36. The van der Waals surface area contributed by atoms with Crippen molar-refractivity contribution in [3.63, 3.8) is 0 Å². The van der Waals surface area contributed by atoms with Gasteiger partial charge in [-0.1, -0.05) is 78.9 Å². The highest BCUT2D eigenvalue weighted by Crippen LogP contribution is 2.46. The summed E-state index contributed by atoms with van der Waals surface area (Å²) in [6.45, 7) is 0. The molecule has 0 N–H and O–H groups in total. The van der Waals surface area contributed by atoms with Gasteiger partial charge in [-0.2, -0.15) is 44.7 Å². The molecule has 10 aromatic carbocycles. The van der Waals surface area contributed by atoms with E-state index in [0.29, 0.717) is 44.3 Å². The van der Waals surface area contributed by atoms with E-state index in [1.54, 1.807) is 60.7 Å². The van der Waals surface area contributed by atoms with Crippen molar-refractivity contribution < 1.29 is 13.2 Å². The van der Waals surface area contributed by atoms with Crippen LogP contribution in [0.25, 0.3) is 111 Å². The molecule has 0 bridgehead atoms. The molecule has 0 spiro atoms. The van der Waals surface area contributed by atoms with Crippen LogP contribution in [-0.2, 0) is 6.18 Å². The molecule has 0 radical (unpaired) electrons. The zero-order chi connectivity index (χ0) is 53.8. The van der Waals surface area contributed by atoms with Gasteiger partial charge in [-0.05, 0) is 171 Å². The van der Waals surface area contributed by atoms with Gasteiger partial charge in [-0.3, -0.25) is 0 Å². The number of nitriles is 6. The second kappa shape index (κ2) is 18.8. The standard InChI is InChI=1S/C67H33F3N8/c68-67(69,70)59-3-1-2-52(38-75)66(59)53-32-64(77-60-24-20-48(44-12-4-40(34-71)5-13-44)28-54(60)55-29-49(21-25-61(55)77)45-14-6-41(35-72)7-15-45)58(39-76)65(33-53)78-62-26-22-50(46-16-8-42(36-73)9-17-46)30-56(62)57-31-51(23-27-63(57)78)47-18-10-43(37-74)11-19-47/h1-33H. The normalized spacial score (nSPS) is 11.2. The maximum absolute atomic E-state index is 15.4. The number of halogens is 3. The Labute approximate surface area is 444 Å². The maximum Gasteiger partial charge on any atom is 0.417 e. The lowest BCUT2D eigenvalue weighted by Gasteiger charge is -2.20. The average Bonchev–Trinajstić information content (AvgIpc) is 4.18. The van der Waals surface area contributed by atoms with Crippen LogP contribution >= 0.6 is 0 Å². The summed E-state index contributed by atoms with van der Waals surface area (Å²) in [6.07, 6.45) is -4.89. The Bertz CT molecular complexity index is 4260. The average molecular weight is 1010 g/mol. The Balaban J connectivity index is 1.20. The highest BCUT2D eigenvalue weighted by atomic mass is 19.4. The van der Waals surface area contributed by atoms with Gasteiger partial charge in [0.05, 0.1) is 97.2 Å². The topological polar surface area (TPSA) is 153 Å². The van der Waals surface area contributed by atoms with Gasteiger partial charge >= 0.3 is 6.18 Å². The fourth-order valence-corrected chi connectivity index (χ4v) is 10.6. The second-order valence-corrected chi connectivity index (χ2v) is 18.7. The molecule has 0 unspecified atom stereocenters. The highest BCUT2D eigenvalue weighted by molar-refractivity contribution is 6.14. The van der Waals surface area contributed by atoms with Gasteiger partial charge in [-0.25, -0.2) is 0 Å². The van der Waals surface area contributed by atoms with Crippen molar-refractivity contribution in [2.24, 2.45) is 0 Å². The summed E-state index contributed by atoms with van der Waals surface area (Å²) in [4.78, 5) is 0. The lowest BCUT2D eigenvalue weighted by Crippen LogP contribution is -2.10. The predicted molar refractivity (Wildman–Crippen MR) is 296 cm³/mol. The van der Waals surface area contributed by atoms with E-state index < -0.39 is 11.7 Å². The molecule has 0 aliphatic carbocycles. The van der Waals surface area contributed by atoms with Gasteiger partial charge in [-0.15, -0.1) is 0 Å². The Morgan fingerprint density at radius 1 is 0.308 bits per heavy atom. The molecular formula is C67H33F3N8. The molecule has 78 heavy (non-hydrogen) atoms. The SMILES string of the molecule is N#Cc1ccc(-c2ccc3c(c2)c2cc(-c4ccc(C#N)cc4)ccc2n3-c2cc(-c3c(C#N)cccc3C(F)(F)F)cc(-n3c4ccc(-c5ccc(C#N)cc5)cc4c4cc(-c5ccc(C#N)cc5)ccc43)c2C#N)cc1. The lowest BCUT2D eigenvalue weighted by atomic mass is 9.92. The van der Waals surface area contributed by atoms with Gasteiger partial charge in [0.15, 0.2) is 0 Å². The van der Waals surface area contributed by atoms with Crippen molar-refractivity contribution in [1.82, 2.24) is 9.13 Å². The molecule has 0 fully saturated rings. The van der Waals surface area contributed by atoms with Crippen molar-refractivity contribution in [2.45, 2.75) is 6.18 Å². The number of nitrogens with zero attached hydrogens (tertiary/aromatic N) is 8. The van der Waals surface area contributed by atoms with E-state index in [1.165, 1.54) is 12.1 Å². The molecular weight excluding hydrogens is 974 g/mol. The lowest BCUT2D eigenvalue weighted by molar-refractivity contribution is -0.137. The maximum atomic E-state index is 15.4. The van der Waals surface area contributed by atoms with Gasteiger partial charge in [0.1, 0.15) is 11.6 Å². The van der Waals surface area contributed by atoms with Crippen LogP contribution in [0.3, 0.4) is 0 Å². The summed E-state index contributed by atoms with van der Waals surface area (Å²) < 4.78 is 50.1. The van der Waals surface area contributed by atoms with Gasteiger partial charge < -0.3 is 9.13 Å². The molecule has 2 aromatic heterocycles. The van der Waals surface area contributed by atoms with Crippen molar-refractivity contribution in [1.29, 1.82) is 31.6 Å². The monoisotopic (exact) mass is 1010 g/mol. The molecule has 0 atom stereocenters. The van der Waals surface area contributed by atoms with E-state index in [2.05, 4.69) is 30.3 Å². The zero-order valence-electron chi connectivity index (χ0n) is 40.8. The Morgan fingerprint density at radius 2 is 0.615 bits per heavy atom. The van der Waals surface area contributed by atoms with Crippen LogP contribution in [0, 0.1) is 68.0 Å². The van der Waals surface area contributed by atoms with E-state index in [0.717, 1.165) is 72.1 Å². The third-order valence-corrected chi connectivity index (χ3v) is 14.4. The van der Waals surface area contributed by atoms with Crippen LogP contribution in [0.1, 0.15) is 38.9 Å². The van der Waals surface area contributed by atoms with Crippen LogP contribution < -0.4 is 0 Å². The van der Waals surface area contributed by atoms with Crippen molar-refractivity contribution >= 4 is 43.6 Å². The first kappa shape index (κ1) is 47.5. The first-order valence-electron chi connectivity index (χ1n) is 24.4. The second-order valence-electron chi connectivity index (χ2n) is 18.7. The largest absolute Gasteiger partial charge is 0.417 e. The molecule has 0 saturated carbocycles. The van der Waals surface area contributed by atoms with Crippen LogP contribution in [-0.4, -0.2) is 9.13 Å². The smallest absolute Gasteiger partial charge is 0.308 e. The summed E-state index contributed by atoms with van der Waals surface area (Å²) in [6, 6.07) is 72.1. The van der Waals surface area contributed by atoms with Gasteiger partial charge in [0.2, 0.25) is 0 Å².